The summed E-state index contributed by atoms with van der Waals surface area (Å²) in [5, 5.41) is 0. The van der Waals surface area contributed by atoms with E-state index in [0.29, 0.717) is 17.5 Å². The molecule has 0 bridgehead atoms. The molecule has 1 heterocycles. The molecule has 0 atom stereocenters. The maximum atomic E-state index is 10.0. The summed E-state index contributed by atoms with van der Waals surface area (Å²) in [7, 11) is 0. The highest BCUT2D eigenvalue weighted by Gasteiger charge is 2.04. The van der Waals surface area contributed by atoms with Crippen molar-refractivity contribution in [2.75, 3.05) is 0 Å². The van der Waals surface area contributed by atoms with Crippen LogP contribution >= 0.6 is 31.9 Å². The molecule has 0 aliphatic rings. The molecule has 0 N–H and O–H groups in total. The third-order valence-electron chi connectivity index (χ3n) is 1.20. The maximum absolute atomic E-state index is 10.0. The highest BCUT2D eigenvalue weighted by molar-refractivity contribution is 9.13. The van der Waals surface area contributed by atoms with Gasteiger partial charge in [0.05, 0.1) is 4.47 Å². The van der Waals surface area contributed by atoms with Gasteiger partial charge < -0.3 is 9.21 Å². The van der Waals surface area contributed by atoms with Crippen LogP contribution in [0.3, 0.4) is 0 Å². The van der Waals surface area contributed by atoms with Gasteiger partial charge in [0, 0.05) is 12.8 Å². The predicted molar refractivity (Wildman–Crippen MR) is 48.5 cm³/mol. The minimum absolute atomic E-state index is 0.506. The minimum Gasteiger partial charge on any atom is -0.453 e. The summed E-state index contributed by atoms with van der Waals surface area (Å²) >= 11 is 6.49. The zero-order chi connectivity index (χ0) is 8.27. The Kier molecular flexibility index (Phi) is 3.33. The molecule has 2 nitrogen and oxygen atoms in total. The van der Waals surface area contributed by atoms with Gasteiger partial charge in [-0.1, -0.05) is 0 Å². The van der Waals surface area contributed by atoms with E-state index in [1.807, 2.05) is 6.07 Å². The van der Waals surface area contributed by atoms with Crippen molar-refractivity contribution in [1.82, 2.24) is 0 Å². The average molecular weight is 282 g/mol. The van der Waals surface area contributed by atoms with Crippen LogP contribution < -0.4 is 0 Å². The van der Waals surface area contributed by atoms with Crippen molar-refractivity contribution in [3.63, 3.8) is 0 Å². The fourth-order valence-corrected chi connectivity index (χ4v) is 1.37. The fraction of sp³-hybridized carbons (Fsp3) is 0.286. The number of carbonyl (C=O) groups excluding carboxylic acids is 1. The molecule has 0 aliphatic carbocycles. The largest absolute Gasteiger partial charge is 0.453 e. The Morgan fingerprint density at radius 3 is 2.73 bits per heavy atom. The molecule has 0 spiro atoms. The van der Waals surface area contributed by atoms with Crippen LogP contribution in [-0.4, -0.2) is 6.29 Å². The molecule has 1 aromatic heterocycles. The molecule has 4 heteroatoms. The van der Waals surface area contributed by atoms with Crippen LogP contribution in [0.2, 0.25) is 0 Å². The second kappa shape index (κ2) is 4.07. The average Bonchev–Trinajstić information content (AvgIpc) is 2.28. The van der Waals surface area contributed by atoms with Crippen molar-refractivity contribution < 1.29 is 9.21 Å². The van der Waals surface area contributed by atoms with Gasteiger partial charge in [-0.25, -0.2) is 0 Å². The van der Waals surface area contributed by atoms with Crippen LogP contribution in [0.4, 0.5) is 0 Å². The van der Waals surface area contributed by atoms with Crippen LogP contribution in [0.15, 0.2) is 19.6 Å². The van der Waals surface area contributed by atoms with E-state index >= 15 is 0 Å². The summed E-state index contributed by atoms with van der Waals surface area (Å²) in [5.74, 6) is 0.816. The van der Waals surface area contributed by atoms with Crippen LogP contribution in [-0.2, 0) is 11.2 Å². The van der Waals surface area contributed by atoms with E-state index in [0.717, 1.165) is 16.5 Å². The first-order valence-electron chi connectivity index (χ1n) is 3.11. The monoisotopic (exact) mass is 280 g/mol. The normalized spacial score (nSPS) is 10.0. The SMILES string of the molecule is O=CCCc1cc(Br)c(Br)o1. The number of aryl methyl sites for hydroxylation is 1. The summed E-state index contributed by atoms with van der Waals surface area (Å²) in [5.41, 5.74) is 0. The first kappa shape index (κ1) is 9.00. The standard InChI is InChI=1S/C7H6Br2O2/c8-6-4-5(2-1-3-10)11-7(6)9/h3-4H,1-2H2. The number of aldehydes is 1. The molecule has 0 fully saturated rings. The van der Waals surface area contributed by atoms with Crippen LogP contribution in [0, 0.1) is 0 Å². The lowest BCUT2D eigenvalue weighted by Crippen LogP contribution is -1.80. The van der Waals surface area contributed by atoms with Gasteiger partial charge in [0.1, 0.15) is 12.0 Å². The third-order valence-corrected chi connectivity index (χ3v) is 2.91. The lowest BCUT2D eigenvalue weighted by molar-refractivity contribution is -0.107. The molecule has 60 valence electrons. The van der Waals surface area contributed by atoms with E-state index in [9.17, 15) is 4.79 Å². The van der Waals surface area contributed by atoms with Crippen molar-refractivity contribution in [1.29, 1.82) is 0 Å². The van der Waals surface area contributed by atoms with Gasteiger partial charge in [0.2, 0.25) is 0 Å². The van der Waals surface area contributed by atoms with Crippen LogP contribution in [0.5, 0.6) is 0 Å². The molecule has 0 aliphatic heterocycles. The Morgan fingerprint density at radius 2 is 2.27 bits per heavy atom. The Labute approximate surface area is 81.2 Å². The molecule has 0 saturated carbocycles. The van der Waals surface area contributed by atoms with Gasteiger partial charge >= 0.3 is 0 Å². The van der Waals surface area contributed by atoms with Gasteiger partial charge in [-0.3, -0.25) is 0 Å². The maximum Gasteiger partial charge on any atom is 0.183 e. The second-order valence-electron chi connectivity index (χ2n) is 2.04. The number of furan rings is 1. The number of hydrogen-bond acceptors (Lipinski definition) is 2. The fourth-order valence-electron chi connectivity index (χ4n) is 0.716. The molecule has 0 saturated heterocycles. The number of halogens is 2. The smallest absolute Gasteiger partial charge is 0.183 e. The number of rotatable bonds is 3. The molecule has 0 aromatic carbocycles. The van der Waals surface area contributed by atoms with Crippen molar-refractivity contribution in [3.8, 4) is 0 Å². The number of carbonyl (C=O) groups is 1. The van der Waals surface area contributed by atoms with Crippen molar-refractivity contribution in [2.24, 2.45) is 0 Å². The van der Waals surface area contributed by atoms with E-state index in [4.69, 9.17) is 4.42 Å². The summed E-state index contributed by atoms with van der Waals surface area (Å²) in [6.45, 7) is 0. The molecule has 1 aromatic rings. The summed E-state index contributed by atoms with van der Waals surface area (Å²) in [6.07, 6.45) is 2.05. The molecule has 1 rings (SSSR count). The Bertz CT molecular complexity index is 235. The number of hydrogen-bond donors (Lipinski definition) is 0. The van der Waals surface area contributed by atoms with Gasteiger partial charge in [-0.2, -0.15) is 0 Å². The summed E-state index contributed by atoms with van der Waals surface area (Å²) < 4.78 is 6.79. The quantitative estimate of drug-likeness (QED) is 0.798. The van der Waals surface area contributed by atoms with Crippen molar-refractivity contribution in [2.45, 2.75) is 12.8 Å². The Morgan fingerprint density at radius 1 is 1.55 bits per heavy atom. The molecule has 0 amide bonds. The van der Waals surface area contributed by atoms with E-state index in [1.54, 1.807) is 0 Å². The van der Waals surface area contributed by atoms with E-state index in [2.05, 4.69) is 31.9 Å². The molecular formula is C7H6Br2O2. The van der Waals surface area contributed by atoms with E-state index in [1.165, 1.54) is 0 Å². The van der Waals surface area contributed by atoms with Gasteiger partial charge in [0.25, 0.3) is 0 Å². The first-order chi connectivity index (χ1) is 5.24. The van der Waals surface area contributed by atoms with E-state index < -0.39 is 0 Å². The van der Waals surface area contributed by atoms with Gasteiger partial charge in [-0.15, -0.1) is 0 Å². The lowest BCUT2D eigenvalue weighted by Gasteiger charge is -1.86. The topological polar surface area (TPSA) is 30.2 Å². The Hall–Kier alpha value is -0.0900. The minimum atomic E-state index is 0.506. The zero-order valence-corrected chi connectivity index (χ0v) is 8.81. The highest BCUT2D eigenvalue weighted by atomic mass is 79.9. The van der Waals surface area contributed by atoms with Crippen LogP contribution in [0.25, 0.3) is 0 Å². The Balaban J connectivity index is 2.64. The molecular weight excluding hydrogens is 276 g/mol. The van der Waals surface area contributed by atoms with Crippen LogP contribution in [0.1, 0.15) is 12.2 Å². The summed E-state index contributed by atoms with van der Waals surface area (Å²) in [4.78, 5) is 10.0. The van der Waals surface area contributed by atoms with Gasteiger partial charge in [-0.05, 0) is 37.9 Å². The predicted octanol–water partition coefficient (Wildman–Crippen LogP) is 2.94. The molecule has 11 heavy (non-hydrogen) atoms. The third kappa shape index (κ3) is 2.45. The molecule has 0 radical (unpaired) electrons. The zero-order valence-electron chi connectivity index (χ0n) is 5.64. The molecule has 0 unspecified atom stereocenters. The van der Waals surface area contributed by atoms with E-state index in [-0.39, 0.29) is 0 Å². The van der Waals surface area contributed by atoms with Gasteiger partial charge in [0.15, 0.2) is 4.67 Å². The van der Waals surface area contributed by atoms with Crippen molar-refractivity contribution in [3.05, 3.63) is 21.0 Å². The second-order valence-corrected chi connectivity index (χ2v) is 3.61. The highest BCUT2D eigenvalue weighted by Crippen LogP contribution is 2.27. The summed E-state index contributed by atoms with van der Waals surface area (Å²) in [6, 6.07) is 1.85. The lowest BCUT2D eigenvalue weighted by atomic mass is 10.3. The van der Waals surface area contributed by atoms with Crippen molar-refractivity contribution >= 4 is 38.1 Å². The first-order valence-corrected chi connectivity index (χ1v) is 4.70.